The highest BCUT2D eigenvalue weighted by atomic mass is 16.3. The fourth-order valence-electron chi connectivity index (χ4n) is 8.52. The summed E-state index contributed by atoms with van der Waals surface area (Å²) < 4.78 is 0. The minimum Gasteiger partial charge on any atom is -0.393 e. The fraction of sp³-hybridized carbons (Fsp3) is 0.667. The molecule has 1 aromatic rings. The van der Waals surface area contributed by atoms with E-state index in [0.717, 1.165) is 36.8 Å². The molecule has 0 aliphatic heterocycles. The van der Waals surface area contributed by atoms with Gasteiger partial charge in [-0.2, -0.15) is 0 Å². The summed E-state index contributed by atoms with van der Waals surface area (Å²) in [4.78, 5) is 3.51. The van der Waals surface area contributed by atoms with Crippen LogP contribution in [-0.2, 0) is 11.8 Å². The van der Waals surface area contributed by atoms with E-state index in [0.29, 0.717) is 30.6 Å². The summed E-state index contributed by atoms with van der Waals surface area (Å²) in [7, 11) is 0. The number of unbranched alkanes of at least 4 members (excludes halogenated alkanes) is 2. The van der Waals surface area contributed by atoms with Gasteiger partial charge in [0, 0.05) is 23.7 Å². The highest BCUT2D eigenvalue weighted by Gasteiger charge is 2.52. The summed E-state index contributed by atoms with van der Waals surface area (Å²) in [6.07, 6.45) is 23.4. The Labute approximate surface area is 242 Å². The van der Waals surface area contributed by atoms with E-state index in [1.165, 1.54) is 61.8 Å². The molecule has 4 N–H and O–H groups in total. The van der Waals surface area contributed by atoms with Crippen molar-refractivity contribution < 1.29 is 15.3 Å². The molecule has 4 fully saturated rings. The fourth-order valence-corrected chi connectivity index (χ4v) is 8.52. The van der Waals surface area contributed by atoms with Crippen LogP contribution in [0.1, 0.15) is 109 Å². The summed E-state index contributed by atoms with van der Waals surface area (Å²) in [6, 6.07) is 2.31. The van der Waals surface area contributed by atoms with Gasteiger partial charge in [0.25, 0.3) is 0 Å². The average Bonchev–Trinajstić information content (AvgIpc) is 3.46. The predicted molar refractivity (Wildman–Crippen MR) is 164 cm³/mol. The third-order valence-electron chi connectivity index (χ3n) is 11.2. The Morgan fingerprint density at radius 3 is 2.67 bits per heavy atom. The van der Waals surface area contributed by atoms with E-state index in [2.05, 4.69) is 68.9 Å². The summed E-state index contributed by atoms with van der Waals surface area (Å²) in [5, 5.41) is 31.7. The van der Waals surface area contributed by atoms with Crippen molar-refractivity contribution in [1.82, 2.24) is 4.98 Å². The van der Waals surface area contributed by atoms with Crippen LogP contribution in [0.4, 0.5) is 0 Å². The van der Waals surface area contributed by atoms with Crippen molar-refractivity contribution in [2.24, 2.45) is 23.2 Å². The molecule has 1 heterocycles. The lowest BCUT2D eigenvalue weighted by molar-refractivity contribution is 0.0862. The molecule has 5 rings (SSSR count). The molecule has 0 unspecified atom stereocenters. The SMILES string of the molecule is C=C1C(=CC=C2CCC[C@]3(C)[C@@H]([C@H](C)C=C[C@@H](O)C4(c5cc(CCCCC)c[nH]5)CC4)CC[C@@H]23)C[C@@H](O)C[C@@H]1O. The van der Waals surface area contributed by atoms with Crippen LogP contribution in [-0.4, -0.2) is 38.6 Å². The lowest BCUT2D eigenvalue weighted by Gasteiger charge is -2.44. The third-order valence-corrected chi connectivity index (χ3v) is 11.2. The first-order valence-corrected chi connectivity index (χ1v) is 16.2. The van der Waals surface area contributed by atoms with E-state index in [4.69, 9.17) is 0 Å². The number of H-pyrrole nitrogens is 1. The first kappa shape index (κ1) is 29.6. The Hall–Kier alpha value is -1.88. The Morgan fingerprint density at radius 2 is 1.93 bits per heavy atom. The van der Waals surface area contributed by atoms with E-state index in [9.17, 15) is 15.3 Å². The van der Waals surface area contributed by atoms with Crippen LogP contribution >= 0.6 is 0 Å². The largest absolute Gasteiger partial charge is 0.393 e. The molecule has 4 aliphatic rings. The first-order chi connectivity index (χ1) is 19.2. The second-order valence-corrected chi connectivity index (χ2v) is 13.9. The minimum absolute atomic E-state index is 0.125. The van der Waals surface area contributed by atoms with Crippen molar-refractivity contribution in [3.05, 3.63) is 71.1 Å². The summed E-state index contributed by atoms with van der Waals surface area (Å²) in [5.74, 6) is 1.61. The minimum atomic E-state index is -0.636. The first-order valence-electron chi connectivity index (χ1n) is 16.2. The number of aliphatic hydroxyl groups excluding tert-OH is 3. The van der Waals surface area contributed by atoms with Gasteiger partial charge in [0.15, 0.2) is 0 Å². The lowest BCUT2D eigenvalue weighted by Crippen LogP contribution is -2.35. The predicted octanol–water partition coefficient (Wildman–Crippen LogP) is 7.47. The molecule has 0 amide bonds. The van der Waals surface area contributed by atoms with Crippen molar-refractivity contribution in [3.63, 3.8) is 0 Å². The zero-order chi connectivity index (χ0) is 28.5. The molecule has 4 heteroatoms. The Balaban J connectivity index is 1.24. The summed E-state index contributed by atoms with van der Waals surface area (Å²) in [6.45, 7) is 11.2. The van der Waals surface area contributed by atoms with E-state index < -0.39 is 18.3 Å². The van der Waals surface area contributed by atoms with Gasteiger partial charge in [-0.25, -0.2) is 0 Å². The van der Waals surface area contributed by atoms with Gasteiger partial charge in [0.05, 0.1) is 18.3 Å². The molecule has 0 radical (unpaired) electrons. The highest BCUT2D eigenvalue weighted by molar-refractivity contribution is 5.39. The van der Waals surface area contributed by atoms with Gasteiger partial charge in [-0.15, -0.1) is 0 Å². The molecule has 4 aliphatic carbocycles. The van der Waals surface area contributed by atoms with Gasteiger partial charge in [0.1, 0.15) is 0 Å². The van der Waals surface area contributed by atoms with Crippen molar-refractivity contribution >= 4 is 0 Å². The van der Waals surface area contributed by atoms with Crippen molar-refractivity contribution in [3.8, 4) is 0 Å². The Morgan fingerprint density at radius 1 is 1.12 bits per heavy atom. The molecular weight excluding hydrogens is 494 g/mol. The maximum absolute atomic E-state index is 11.3. The molecule has 40 heavy (non-hydrogen) atoms. The molecule has 4 nitrogen and oxygen atoms in total. The lowest BCUT2D eigenvalue weighted by atomic mass is 9.61. The summed E-state index contributed by atoms with van der Waals surface area (Å²) in [5.41, 5.74) is 6.03. The van der Waals surface area contributed by atoms with Crippen molar-refractivity contribution in [1.29, 1.82) is 0 Å². The van der Waals surface area contributed by atoms with Gasteiger partial charge in [-0.05, 0) is 110 Å². The molecule has 0 bridgehead atoms. The maximum Gasteiger partial charge on any atom is 0.0831 e. The zero-order valence-electron chi connectivity index (χ0n) is 25.2. The quantitative estimate of drug-likeness (QED) is 0.181. The van der Waals surface area contributed by atoms with E-state index >= 15 is 0 Å². The molecule has 0 saturated heterocycles. The van der Waals surface area contributed by atoms with Crippen LogP contribution in [0.5, 0.6) is 0 Å². The second-order valence-electron chi connectivity index (χ2n) is 13.9. The average molecular weight is 548 g/mol. The molecule has 0 spiro atoms. The number of hydrogen-bond donors (Lipinski definition) is 4. The van der Waals surface area contributed by atoms with Crippen LogP contribution in [0.2, 0.25) is 0 Å². The van der Waals surface area contributed by atoms with Crippen LogP contribution < -0.4 is 0 Å². The highest BCUT2D eigenvalue weighted by Crippen LogP contribution is 2.60. The van der Waals surface area contributed by atoms with Gasteiger partial charge in [0.2, 0.25) is 0 Å². The van der Waals surface area contributed by atoms with Gasteiger partial charge in [-0.3, -0.25) is 0 Å². The van der Waals surface area contributed by atoms with Gasteiger partial charge < -0.3 is 20.3 Å². The van der Waals surface area contributed by atoms with E-state index in [-0.39, 0.29) is 10.8 Å². The summed E-state index contributed by atoms with van der Waals surface area (Å²) >= 11 is 0. The number of aromatic nitrogens is 1. The molecular formula is C36H53NO3. The third kappa shape index (κ3) is 5.87. The van der Waals surface area contributed by atoms with Crippen LogP contribution in [0.3, 0.4) is 0 Å². The number of allylic oxidation sites excluding steroid dienone is 4. The van der Waals surface area contributed by atoms with Crippen LogP contribution in [0, 0.1) is 23.2 Å². The zero-order valence-corrected chi connectivity index (χ0v) is 25.2. The molecule has 0 aromatic carbocycles. The monoisotopic (exact) mass is 547 g/mol. The van der Waals surface area contributed by atoms with Crippen LogP contribution in [0.25, 0.3) is 0 Å². The van der Waals surface area contributed by atoms with Crippen LogP contribution in [0.15, 0.2) is 59.9 Å². The molecule has 4 saturated carbocycles. The van der Waals surface area contributed by atoms with Crippen molar-refractivity contribution in [2.75, 3.05) is 0 Å². The van der Waals surface area contributed by atoms with E-state index in [1.807, 2.05) is 0 Å². The smallest absolute Gasteiger partial charge is 0.0831 e. The maximum atomic E-state index is 11.3. The molecule has 1 aromatic heterocycles. The van der Waals surface area contributed by atoms with Gasteiger partial charge in [-0.1, -0.05) is 70.1 Å². The number of aliphatic hydroxyl groups is 3. The van der Waals surface area contributed by atoms with Gasteiger partial charge >= 0.3 is 0 Å². The number of hydrogen-bond acceptors (Lipinski definition) is 3. The topological polar surface area (TPSA) is 76.5 Å². The molecule has 220 valence electrons. The number of nitrogens with one attached hydrogen (secondary N) is 1. The number of aryl methyl sites for hydroxylation is 1. The van der Waals surface area contributed by atoms with E-state index in [1.54, 1.807) is 0 Å². The second kappa shape index (κ2) is 12.2. The number of aromatic amines is 1. The Bertz CT molecular complexity index is 1140. The normalized spacial score (nSPS) is 35.4. The number of rotatable bonds is 10. The number of fused-ring (bicyclic) bond motifs is 1. The standard InChI is InChI=1S/C36H53NO3/c1-5-6-7-9-26-20-33(37-23-26)36(18-19-36)34(40)16-11-24(2)30-14-15-31-27(10-8-17-35(30,31)4)12-13-28-21-29(38)22-32(39)25(28)3/h11-13,16,20,23-24,29-32,34,37-40H,3,5-10,14-15,17-19,21-22H2,1-2,4H3/t24-,29-,30-,31+,32+,34-,35-/m1/s1. The molecule has 7 atom stereocenters. The van der Waals surface area contributed by atoms with Crippen molar-refractivity contribution in [2.45, 2.75) is 128 Å². The Kier molecular flexibility index (Phi) is 9.00.